The average molecular weight is 425 g/mol. The van der Waals surface area contributed by atoms with Gasteiger partial charge in [-0.25, -0.2) is 4.98 Å². The molecule has 1 atom stereocenters. The summed E-state index contributed by atoms with van der Waals surface area (Å²) in [5, 5.41) is 3.14. The lowest BCUT2D eigenvalue weighted by atomic mass is 10.2. The predicted octanol–water partition coefficient (Wildman–Crippen LogP) is 3.10. The summed E-state index contributed by atoms with van der Waals surface area (Å²) in [6.45, 7) is 1.24. The Morgan fingerprint density at radius 1 is 1.30 bits per heavy atom. The fourth-order valence-electron chi connectivity index (χ4n) is 2.45. The second-order valence-corrected chi connectivity index (χ2v) is 6.51. The molecule has 0 amide bonds. The van der Waals surface area contributed by atoms with E-state index in [0.29, 0.717) is 30.1 Å². The van der Waals surface area contributed by atoms with Gasteiger partial charge >= 0.3 is 6.08 Å². The first-order chi connectivity index (χ1) is 11.2. The van der Waals surface area contributed by atoms with E-state index in [1.165, 1.54) is 3.57 Å². The van der Waals surface area contributed by atoms with Gasteiger partial charge < -0.3 is 10.1 Å². The maximum Gasteiger partial charge on any atom is 0.312 e. The summed E-state index contributed by atoms with van der Waals surface area (Å²) in [7, 11) is 0. The van der Waals surface area contributed by atoms with Crippen molar-refractivity contribution in [3.63, 3.8) is 0 Å². The Hall–Kier alpha value is -1.81. The van der Waals surface area contributed by atoms with Gasteiger partial charge in [0.15, 0.2) is 17.0 Å². The third-order valence-electron chi connectivity index (χ3n) is 3.75. The molecule has 0 aliphatic carbocycles. The van der Waals surface area contributed by atoms with Gasteiger partial charge in [-0.05, 0) is 40.3 Å². The normalized spacial score (nSPS) is 17.2. The maximum atomic E-state index is 13.8. The lowest BCUT2D eigenvalue weighted by Crippen LogP contribution is -2.24. The van der Waals surface area contributed by atoms with Crippen LogP contribution in [0.1, 0.15) is 18.2 Å². The fraction of sp³-hybridized carbons (Fsp3) is 0.267. The minimum atomic E-state index is -0.774. The van der Waals surface area contributed by atoms with Gasteiger partial charge in [0.05, 0.1) is 12.9 Å². The fourth-order valence-corrected chi connectivity index (χ4v) is 2.81. The zero-order chi connectivity index (χ0) is 15.8. The molecule has 0 bridgehead atoms. The van der Waals surface area contributed by atoms with E-state index >= 15 is 0 Å². The molecule has 3 heterocycles. The summed E-state index contributed by atoms with van der Waals surface area (Å²) < 4.78 is 22.1. The molecule has 0 radical (unpaired) electrons. The van der Waals surface area contributed by atoms with E-state index in [1.807, 2.05) is 24.3 Å². The molecule has 4 rings (SSSR count). The zero-order valence-corrected chi connectivity index (χ0v) is 14.2. The van der Waals surface area contributed by atoms with Crippen molar-refractivity contribution in [3.05, 3.63) is 45.8 Å². The van der Waals surface area contributed by atoms with Crippen LogP contribution < -0.4 is 5.32 Å². The molecule has 1 fully saturated rings. The van der Waals surface area contributed by atoms with Gasteiger partial charge in [0.2, 0.25) is 0 Å². The van der Waals surface area contributed by atoms with E-state index in [1.54, 1.807) is 10.9 Å². The molecule has 118 valence electrons. The Morgan fingerprint density at radius 2 is 2.09 bits per heavy atom. The molecule has 1 N–H and O–H groups in total. The number of imidazole rings is 1. The molecule has 2 aromatic heterocycles. The molecule has 6 nitrogen and oxygen atoms in total. The zero-order valence-electron chi connectivity index (χ0n) is 12.0. The maximum absolute atomic E-state index is 13.8. The summed E-state index contributed by atoms with van der Waals surface area (Å²) in [5.41, 5.74) is 2.08. The first kappa shape index (κ1) is 14.8. The van der Waals surface area contributed by atoms with E-state index in [2.05, 4.69) is 42.9 Å². The SMILES string of the molecule is Fc1nc(NCc2ccc(I)cc2)c2ncn(C3CCO3)c2n1. The van der Waals surface area contributed by atoms with Crippen LogP contribution in [0.2, 0.25) is 0 Å². The van der Waals surface area contributed by atoms with Crippen LogP contribution in [0.4, 0.5) is 10.2 Å². The van der Waals surface area contributed by atoms with Crippen molar-refractivity contribution in [1.82, 2.24) is 19.5 Å². The molecule has 8 heteroatoms. The summed E-state index contributed by atoms with van der Waals surface area (Å²) in [6, 6.07) is 8.08. The highest BCUT2D eigenvalue weighted by atomic mass is 127. The number of aromatic nitrogens is 4. The Kier molecular flexibility index (Phi) is 3.85. The molecule has 23 heavy (non-hydrogen) atoms. The largest absolute Gasteiger partial charge is 0.364 e. The highest BCUT2D eigenvalue weighted by molar-refractivity contribution is 14.1. The molecule has 1 unspecified atom stereocenters. The average Bonchev–Trinajstić information content (AvgIpc) is 2.88. The summed E-state index contributed by atoms with van der Waals surface area (Å²) in [4.78, 5) is 12.0. The number of nitrogens with zero attached hydrogens (tertiary/aromatic N) is 4. The number of benzene rings is 1. The molecule has 1 aliphatic heterocycles. The van der Waals surface area contributed by atoms with Crippen molar-refractivity contribution in [2.24, 2.45) is 0 Å². The van der Waals surface area contributed by atoms with E-state index < -0.39 is 6.08 Å². The van der Waals surface area contributed by atoms with Crippen molar-refractivity contribution in [3.8, 4) is 0 Å². The molecule has 0 spiro atoms. The number of ether oxygens (including phenoxy) is 1. The molecule has 3 aromatic rings. The lowest BCUT2D eigenvalue weighted by Gasteiger charge is -2.27. The standard InChI is InChI=1S/C15H13FIN5O/c16-15-20-13(18-7-9-1-3-10(17)4-2-9)12-14(21-15)22(8-19-12)11-5-6-23-11/h1-4,8,11H,5-7H2,(H,18,20,21). The second kappa shape index (κ2) is 6.00. The Morgan fingerprint density at radius 3 is 2.78 bits per heavy atom. The third-order valence-corrected chi connectivity index (χ3v) is 4.47. The predicted molar refractivity (Wildman–Crippen MR) is 91.4 cm³/mol. The van der Waals surface area contributed by atoms with Crippen LogP contribution in [-0.2, 0) is 11.3 Å². The van der Waals surface area contributed by atoms with Gasteiger partial charge in [0.25, 0.3) is 0 Å². The summed E-state index contributed by atoms with van der Waals surface area (Å²) in [5.74, 6) is 0.393. The molecule has 1 saturated heterocycles. The number of hydrogen-bond acceptors (Lipinski definition) is 5. The van der Waals surface area contributed by atoms with E-state index in [9.17, 15) is 4.39 Å². The molecule has 1 aliphatic rings. The van der Waals surface area contributed by atoms with Crippen molar-refractivity contribution in [2.75, 3.05) is 11.9 Å². The van der Waals surface area contributed by atoms with Gasteiger partial charge in [0.1, 0.15) is 6.23 Å². The Balaban J connectivity index is 1.63. The van der Waals surface area contributed by atoms with Gasteiger partial charge in [0, 0.05) is 16.5 Å². The van der Waals surface area contributed by atoms with Crippen LogP contribution in [0.15, 0.2) is 30.6 Å². The monoisotopic (exact) mass is 425 g/mol. The van der Waals surface area contributed by atoms with Crippen LogP contribution in [0.25, 0.3) is 11.2 Å². The number of rotatable bonds is 4. The van der Waals surface area contributed by atoms with Gasteiger partial charge in [-0.15, -0.1) is 0 Å². The van der Waals surface area contributed by atoms with Crippen LogP contribution in [0, 0.1) is 9.65 Å². The first-order valence-electron chi connectivity index (χ1n) is 7.21. The number of fused-ring (bicyclic) bond motifs is 1. The van der Waals surface area contributed by atoms with E-state index in [4.69, 9.17) is 4.74 Å². The van der Waals surface area contributed by atoms with Gasteiger partial charge in [-0.3, -0.25) is 4.57 Å². The Labute approximate surface area is 145 Å². The van der Waals surface area contributed by atoms with Crippen LogP contribution in [0.3, 0.4) is 0 Å². The highest BCUT2D eigenvalue weighted by Gasteiger charge is 2.24. The first-order valence-corrected chi connectivity index (χ1v) is 8.28. The van der Waals surface area contributed by atoms with Crippen LogP contribution in [-0.4, -0.2) is 26.1 Å². The minimum Gasteiger partial charge on any atom is -0.364 e. The second-order valence-electron chi connectivity index (χ2n) is 5.26. The summed E-state index contributed by atoms with van der Waals surface area (Å²) in [6.07, 6.45) is 1.61. The molecule has 1 aromatic carbocycles. The van der Waals surface area contributed by atoms with Crippen LogP contribution >= 0.6 is 22.6 Å². The highest BCUT2D eigenvalue weighted by Crippen LogP contribution is 2.28. The number of hydrogen-bond donors (Lipinski definition) is 1. The Bertz CT molecular complexity index is 847. The van der Waals surface area contributed by atoms with E-state index in [0.717, 1.165) is 12.0 Å². The van der Waals surface area contributed by atoms with Crippen molar-refractivity contribution in [1.29, 1.82) is 0 Å². The van der Waals surface area contributed by atoms with Crippen molar-refractivity contribution in [2.45, 2.75) is 19.2 Å². The third kappa shape index (κ3) is 2.88. The van der Waals surface area contributed by atoms with Gasteiger partial charge in [-0.1, -0.05) is 12.1 Å². The van der Waals surface area contributed by atoms with Crippen LogP contribution in [0.5, 0.6) is 0 Å². The lowest BCUT2D eigenvalue weighted by molar-refractivity contribution is -0.0974. The molecular weight excluding hydrogens is 412 g/mol. The topological polar surface area (TPSA) is 64.9 Å². The number of halogens is 2. The molecule has 0 saturated carbocycles. The minimum absolute atomic E-state index is 0.113. The molecular formula is C15H13FIN5O. The van der Waals surface area contributed by atoms with E-state index in [-0.39, 0.29) is 6.23 Å². The van der Waals surface area contributed by atoms with Crippen molar-refractivity contribution < 1.29 is 9.13 Å². The number of anilines is 1. The van der Waals surface area contributed by atoms with Crippen molar-refractivity contribution >= 4 is 39.6 Å². The smallest absolute Gasteiger partial charge is 0.312 e. The quantitative estimate of drug-likeness (QED) is 0.514. The summed E-state index contributed by atoms with van der Waals surface area (Å²) >= 11 is 2.25. The number of nitrogens with one attached hydrogen (secondary N) is 1. The van der Waals surface area contributed by atoms with Gasteiger partial charge in [-0.2, -0.15) is 14.4 Å².